The van der Waals surface area contributed by atoms with Crippen molar-refractivity contribution >= 4 is 0 Å². The first-order valence-electron chi connectivity index (χ1n) is 5.42. The molecule has 0 spiro atoms. The lowest BCUT2D eigenvalue weighted by molar-refractivity contribution is 0.0389. The van der Waals surface area contributed by atoms with E-state index in [4.69, 9.17) is 4.84 Å². The number of nitrogens with zero attached hydrogens (tertiary/aromatic N) is 1. The average molecular weight is 185 g/mol. The third-order valence-electron chi connectivity index (χ3n) is 2.74. The molecule has 13 heavy (non-hydrogen) atoms. The highest BCUT2D eigenvalue weighted by atomic mass is 16.7. The molecule has 0 N–H and O–H groups in total. The van der Waals surface area contributed by atoms with Gasteiger partial charge in [-0.3, -0.25) is 0 Å². The monoisotopic (exact) mass is 185 g/mol. The Hall–Kier alpha value is -0.600. The van der Waals surface area contributed by atoms with Crippen molar-refractivity contribution in [3.63, 3.8) is 0 Å². The van der Waals surface area contributed by atoms with Crippen LogP contribution < -0.4 is 0 Å². The molecule has 1 fully saturated rings. The van der Waals surface area contributed by atoms with Crippen molar-refractivity contribution in [3.05, 3.63) is 4.91 Å². The van der Waals surface area contributed by atoms with Gasteiger partial charge in [0.05, 0.1) is 0 Å². The normalized spacial score (nSPS) is 22.2. The van der Waals surface area contributed by atoms with E-state index in [0.717, 1.165) is 12.8 Å². The highest BCUT2D eigenvalue weighted by molar-refractivity contribution is 4.61. The van der Waals surface area contributed by atoms with Gasteiger partial charge in [0.2, 0.25) is 0 Å². The van der Waals surface area contributed by atoms with Crippen molar-refractivity contribution < 1.29 is 4.84 Å². The van der Waals surface area contributed by atoms with E-state index >= 15 is 0 Å². The zero-order valence-electron chi connectivity index (χ0n) is 8.21. The van der Waals surface area contributed by atoms with E-state index in [1.807, 2.05) is 0 Å². The number of hydrogen-bond donors (Lipinski definition) is 0. The molecule has 0 aromatic rings. The van der Waals surface area contributed by atoms with Crippen molar-refractivity contribution in [1.82, 2.24) is 0 Å². The summed E-state index contributed by atoms with van der Waals surface area (Å²) >= 11 is 0. The minimum Gasteiger partial charge on any atom is -0.361 e. The second-order valence-corrected chi connectivity index (χ2v) is 3.85. The van der Waals surface area contributed by atoms with Gasteiger partial charge in [0.15, 0.2) is 5.34 Å². The van der Waals surface area contributed by atoms with Crippen LogP contribution in [0.15, 0.2) is 5.34 Å². The van der Waals surface area contributed by atoms with Gasteiger partial charge in [0.25, 0.3) is 0 Å². The molecule has 0 radical (unpaired) electrons. The van der Waals surface area contributed by atoms with Gasteiger partial charge in [0.1, 0.15) is 6.10 Å². The molecule has 3 nitrogen and oxygen atoms in total. The van der Waals surface area contributed by atoms with Crippen LogP contribution in [0.2, 0.25) is 0 Å². The Morgan fingerprint density at radius 1 is 0.846 bits per heavy atom. The van der Waals surface area contributed by atoms with Crippen molar-refractivity contribution in [3.8, 4) is 0 Å². The Morgan fingerprint density at radius 3 is 1.77 bits per heavy atom. The number of hydrogen-bond acceptors (Lipinski definition) is 3. The van der Waals surface area contributed by atoms with Crippen LogP contribution in [-0.4, -0.2) is 6.10 Å². The van der Waals surface area contributed by atoms with Gasteiger partial charge >= 0.3 is 0 Å². The summed E-state index contributed by atoms with van der Waals surface area (Å²) < 4.78 is 0. The van der Waals surface area contributed by atoms with Gasteiger partial charge in [-0.1, -0.05) is 32.1 Å². The van der Waals surface area contributed by atoms with Crippen molar-refractivity contribution in [1.29, 1.82) is 0 Å². The molecule has 0 aliphatic heterocycles. The summed E-state index contributed by atoms with van der Waals surface area (Å²) in [6.45, 7) is 0. The van der Waals surface area contributed by atoms with Crippen LogP contribution in [-0.2, 0) is 4.84 Å². The molecule has 0 saturated heterocycles. The topological polar surface area (TPSA) is 38.7 Å². The fourth-order valence-corrected chi connectivity index (χ4v) is 1.94. The molecule has 0 aromatic carbocycles. The molecule has 0 amide bonds. The zero-order chi connectivity index (χ0) is 9.36. The SMILES string of the molecule is O=NOC1CCCCCCCCC1. The molecular weight excluding hydrogens is 166 g/mol. The van der Waals surface area contributed by atoms with Crippen LogP contribution >= 0.6 is 0 Å². The first kappa shape index (κ1) is 10.5. The average Bonchev–Trinajstić information content (AvgIpc) is 2.16. The molecule has 1 aliphatic carbocycles. The van der Waals surface area contributed by atoms with Crippen molar-refractivity contribution in [2.75, 3.05) is 0 Å². The molecular formula is C10H19NO2. The fraction of sp³-hybridized carbons (Fsp3) is 1.00. The van der Waals surface area contributed by atoms with Gasteiger partial charge in [0, 0.05) is 0 Å². The highest BCUT2D eigenvalue weighted by Crippen LogP contribution is 2.18. The maximum Gasteiger partial charge on any atom is 0.155 e. The van der Waals surface area contributed by atoms with Gasteiger partial charge in [-0.15, -0.1) is 4.91 Å². The molecule has 0 unspecified atom stereocenters. The van der Waals surface area contributed by atoms with E-state index in [9.17, 15) is 4.91 Å². The first-order chi connectivity index (χ1) is 6.43. The summed E-state index contributed by atoms with van der Waals surface area (Å²) in [6.07, 6.45) is 11.1. The van der Waals surface area contributed by atoms with Crippen LogP contribution in [0.1, 0.15) is 57.8 Å². The Kier molecular flexibility index (Phi) is 5.54. The molecule has 3 heteroatoms. The van der Waals surface area contributed by atoms with E-state index < -0.39 is 0 Å². The maximum absolute atomic E-state index is 9.95. The fourth-order valence-electron chi connectivity index (χ4n) is 1.94. The van der Waals surface area contributed by atoms with Gasteiger partial charge in [-0.25, -0.2) is 0 Å². The summed E-state index contributed by atoms with van der Waals surface area (Å²) in [5, 5.41) is 2.54. The molecule has 1 rings (SSSR count). The third kappa shape index (κ3) is 4.86. The van der Waals surface area contributed by atoms with E-state index in [2.05, 4.69) is 5.34 Å². The summed E-state index contributed by atoms with van der Waals surface area (Å²) in [5.41, 5.74) is 0. The highest BCUT2D eigenvalue weighted by Gasteiger charge is 2.11. The lowest BCUT2D eigenvalue weighted by Gasteiger charge is -2.14. The molecule has 1 aliphatic rings. The van der Waals surface area contributed by atoms with E-state index in [1.165, 1.54) is 44.9 Å². The van der Waals surface area contributed by atoms with Gasteiger partial charge in [-0.05, 0) is 25.7 Å². The molecule has 1 saturated carbocycles. The quantitative estimate of drug-likeness (QED) is 0.487. The summed E-state index contributed by atoms with van der Waals surface area (Å²) in [6, 6.07) is 0. The Balaban J connectivity index is 2.21. The lowest BCUT2D eigenvalue weighted by atomic mass is 9.99. The van der Waals surface area contributed by atoms with Crippen LogP contribution in [0.4, 0.5) is 0 Å². The van der Waals surface area contributed by atoms with Crippen molar-refractivity contribution in [2.24, 2.45) is 5.34 Å². The van der Waals surface area contributed by atoms with Crippen LogP contribution in [0.25, 0.3) is 0 Å². The van der Waals surface area contributed by atoms with E-state index in [-0.39, 0.29) is 6.10 Å². The van der Waals surface area contributed by atoms with Crippen LogP contribution in [0.5, 0.6) is 0 Å². The zero-order valence-corrected chi connectivity index (χ0v) is 8.21. The molecule has 76 valence electrons. The predicted molar refractivity (Wildman–Crippen MR) is 52.2 cm³/mol. The second-order valence-electron chi connectivity index (χ2n) is 3.85. The first-order valence-corrected chi connectivity index (χ1v) is 5.42. The molecule has 0 bridgehead atoms. The van der Waals surface area contributed by atoms with E-state index in [1.54, 1.807) is 0 Å². The Bertz CT molecular complexity index is 129. The Morgan fingerprint density at radius 2 is 1.31 bits per heavy atom. The minimum atomic E-state index is 0.0931. The van der Waals surface area contributed by atoms with Crippen molar-refractivity contribution in [2.45, 2.75) is 63.9 Å². The maximum atomic E-state index is 9.95. The standard InChI is InChI=1S/C10H19NO2/c12-11-13-10-8-6-4-2-1-3-5-7-9-10/h10H,1-9H2. The molecule has 0 aromatic heterocycles. The van der Waals surface area contributed by atoms with Crippen LogP contribution in [0, 0.1) is 4.91 Å². The largest absolute Gasteiger partial charge is 0.361 e. The van der Waals surface area contributed by atoms with Gasteiger partial charge in [-0.2, -0.15) is 0 Å². The second kappa shape index (κ2) is 6.87. The third-order valence-corrected chi connectivity index (χ3v) is 2.74. The predicted octanol–water partition coefficient (Wildman–Crippen LogP) is 3.58. The van der Waals surface area contributed by atoms with E-state index in [0.29, 0.717) is 0 Å². The summed E-state index contributed by atoms with van der Waals surface area (Å²) in [7, 11) is 0. The number of rotatable bonds is 2. The summed E-state index contributed by atoms with van der Waals surface area (Å²) in [5.74, 6) is 0. The smallest absolute Gasteiger partial charge is 0.155 e. The molecule has 0 atom stereocenters. The Labute approximate surface area is 79.8 Å². The molecule has 0 heterocycles. The summed E-state index contributed by atoms with van der Waals surface area (Å²) in [4.78, 5) is 14.7. The lowest BCUT2D eigenvalue weighted by Crippen LogP contribution is -2.10. The van der Waals surface area contributed by atoms with Crippen LogP contribution in [0.3, 0.4) is 0 Å². The minimum absolute atomic E-state index is 0.0931. The van der Waals surface area contributed by atoms with Gasteiger partial charge < -0.3 is 4.84 Å².